The van der Waals surface area contributed by atoms with Gasteiger partial charge in [-0.3, -0.25) is 0 Å². The van der Waals surface area contributed by atoms with E-state index in [0.717, 1.165) is 24.4 Å². The number of nitrogens with two attached hydrogens (primary N) is 1. The van der Waals surface area contributed by atoms with Crippen molar-refractivity contribution < 1.29 is 4.84 Å². The molecule has 2 saturated carbocycles. The van der Waals surface area contributed by atoms with Gasteiger partial charge in [0.15, 0.2) is 0 Å². The van der Waals surface area contributed by atoms with Crippen molar-refractivity contribution in [1.29, 1.82) is 0 Å². The molecule has 2 bridgehead atoms. The number of hydrogen-bond acceptors (Lipinski definition) is 2. The van der Waals surface area contributed by atoms with Crippen molar-refractivity contribution in [2.45, 2.75) is 32.1 Å². The first-order valence-electron chi connectivity index (χ1n) is 4.72. The van der Waals surface area contributed by atoms with E-state index in [1.165, 1.54) is 32.1 Å². The van der Waals surface area contributed by atoms with Gasteiger partial charge in [-0.1, -0.05) is 6.42 Å². The summed E-state index contributed by atoms with van der Waals surface area (Å²) in [5, 5.41) is 0. The maximum absolute atomic E-state index is 5.00. The second kappa shape index (κ2) is 3.11. The summed E-state index contributed by atoms with van der Waals surface area (Å²) in [5.41, 5.74) is 0. The van der Waals surface area contributed by atoms with Gasteiger partial charge in [0.05, 0.1) is 6.61 Å². The molecular weight excluding hydrogens is 138 g/mol. The molecule has 3 unspecified atom stereocenters. The second-order valence-corrected chi connectivity index (χ2v) is 4.09. The molecule has 2 heteroatoms. The van der Waals surface area contributed by atoms with Crippen LogP contribution in [0.5, 0.6) is 0 Å². The van der Waals surface area contributed by atoms with E-state index in [0.29, 0.717) is 0 Å². The Balaban J connectivity index is 1.78. The Labute approximate surface area is 68.1 Å². The van der Waals surface area contributed by atoms with Gasteiger partial charge in [0.2, 0.25) is 0 Å². The van der Waals surface area contributed by atoms with Crippen molar-refractivity contribution in [3.05, 3.63) is 0 Å². The summed E-state index contributed by atoms with van der Waals surface area (Å²) in [6.45, 7) is 0.758. The summed E-state index contributed by atoms with van der Waals surface area (Å²) < 4.78 is 0. The minimum Gasteiger partial charge on any atom is -0.305 e. The van der Waals surface area contributed by atoms with E-state index in [1.54, 1.807) is 0 Å². The maximum atomic E-state index is 5.00. The first-order chi connectivity index (χ1) is 5.40. The van der Waals surface area contributed by atoms with E-state index in [9.17, 15) is 0 Å². The lowest BCUT2D eigenvalue weighted by molar-refractivity contribution is 0.113. The molecule has 0 aromatic heterocycles. The van der Waals surface area contributed by atoms with Crippen LogP contribution in [-0.2, 0) is 4.84 Å². The fourth-order valence-electron chi connectivity index (χ4n) is 2.95. The molecule has 0 saturated heterocycles. The standard InChI is InChI=1S/C9H17NO/c10-11-4-3-9-6-7-1-2-8(9)5-7/h7-9H,1-6,10H2. The van der Waals surface area contributed by atoms with Crippen molar-refractivity contribution in [2.75, 3.05) is 6.61 Å². The van der Waals surface area contributed by atoms with Crippen LogP contribution in [0.4, 0.5) is 0 Å². The van der Waals surface area contributed by atoms with Gasteiger partial charge in [-0.25, -0.2) is 5.90 Å². The van der Waals surface area contributed by atoms with Crippen molar-refractivity contribution in [2.24, 2.45) is 23.7 Å². The van der Waals surface area contributed by atoms with Crippen LogP contribution in [0.25, 0.3) is 0 Å². The molecule has 0 radical (unpaired) electrons. The van der Waals surface area contributed by atoms with Gasteiger partial charge in [0, 0.05) is 0 Å². The van der Waals surface area contributed by atoms with E-state index in [2.05, 4.69) is 4.84 Å². The predicted molar refractivity (Wildman–Crippen MR) is 43.7 cm³/mol. The Hall–Kier alpha value is -0.0800. The third kappa shape index (κ3) is 1.42. The molecule has 0 amide bonds. The van der Waals surface area contributed by atoms with E-state index < -0.39 is 0 Å². The van der Waals surface area contributed by atoms with E-state index in [-0.39, 0.29) is 0 Å². The third-order valence-electron chi connectivity index (χ3n) is 3.49. The molecule has 2 fully saturated rings. The van der Waals surface area contributed by atoms with Crippen molar-refractivity contribution in [3.63, 3.8) is 0 Å². The molecule has 2 N–H and O–H groups in total. The molecule has 0 aromatic rings. The summed E-state index contributed by atoms with van der Waals surface area (Å²) >= 11 is 0. The average Bonchev–Trinajstić information content (AvgIpc) is 2.60. The molecular formula is C9H17NO. The van der Waals surface area contributed by atoms with Crippen molar-refractivity contribution >= 4 is 0 Å². The molecule has 2 rings (SSSR count). The van der Waals surface area contributed by atoms with Crippen molar-refractivity contribution in [3.8, 4) is 0 Å². The highest BCUT2D eigenvalue weighted by Crippen LogP contribution is 2.49. The smallest absolute Gasteiger partial charge is 0.0682 e. The number of hydrogen-bond donors (Lipinski definition) is 1. The summed E-state index contributed by atoms with van der Waals surface area (Å²) in [4.78, 5) is 4.61. The van der Waals surface area contributed by atoms with Gasteiger partial charge in [0.1, 0.15) is 0 Å². The lowest BCUT2D eigenvalue weighted by Gasteiger charge is -2.20. The van der Waals surface area contributed by atoms with Gasteiger partial charge < -0.3 is 4.84 Å². The minimum atomic E-state index is 0.758. The van der Waals surface area contributed by atoms with Crippen LogP contribution in [0.1, 0.15) is 32.1 Å². The highest BCUT2D eigenvalue weighted by Gasteiger charge is 2.38. The van der Waals surface area contributed by atoms with Gasteiger partial charge in [-0.05, 0) is 43.4 Å². The van der Waals surface area contributed by atoms with Gasteiger partial charge in [0.25, 0.3) is 0 Å². The van der Waals surface area contributed by atoms with Gasteiger partial charge >= 0.3 is 0 Å². The highest BCUT2D eigenvalue weighted by atomic mass is 16.6. The lowest BCUT2D eigenvalue weighted by atomic mass is 9.87. The van der Waals surface area contributed by atoms with Gasteiger partial charge in [-0.15, -0.1) is 0 Å². The van der Waals surface area contributed by atoms with Crippen LogP contribution in [0.3, 0.4) is 0 Å². The van der Waals surface area contributed by atoms with Crippen LogP contribution in [-0.4, -0.2) is 6.61 Å². The van der Waals surface area contributed by atoms with Crippen LogP contribution >= 0.6 is 0 Å². The summed E-state index contributed by atoms with van der Waals surface area (Å²) in [5.74, 6) is 8.03. The maximum Gasteiger partial charge on any atom is 0.0682 e. The van der Waals surface area contributed by atoms with Gasteiger partial charge in [-0.2, -0.15) is 0 Å². The normalized spacial score (nSPS) is 41.7. The third-order valence-corrected chi connectivity index (χ3v) is 3.49. The van der Waals surface area contributed by atoms with Crippen LogP contribution in [0.2, 0.25) is 0 Å². The fraction of sp³-hybridized carbons (Fsp3) is 1.00. The summed E-state index contributed by atoms with van der Waals surface area (Å²) in [6.07, 6.45) is 7.10. The predicted octanol–water partition coefficient (Wildman–Crippen LogP) is 1.70. The molecule has 2 nitrogen and oxygen atoms in total. The molecule has 0 aromatic carbocycles. The average molecular weight is 155 g/mol. The molecule has 0 aliphatic heterocycles. The Morgan fingerprint density at radius 1 is 1.27 bits per heavy atom. The minimum absolute atomic E-state index is 0.758. The first-order valence-corrected chi connectivity index (χ1v) is 4.72. The van der Waals surface area contributed by atoms with E-state index in [1.807, 2.05) is 0 Å². The zero-order valence-corrected chi connectivity index (χ0v) is 6.96. The van der Waals surface area contributed by atoms with Crippen LogP contribution in [0.15, 0.2) is 0 Å². The molecule has 64 valence electrons. The lowest BCUT2D eigenvalue weighted by Crippen LogP contribution is -2.14. The molecule has 11 heavy (non-hydrogen) atoms. The monoisotopic (exact) mass is 155 g/mol. The molecule has 2 aliphatic rings. The second-order valence-electron chi connectivity index (χ2n) is 4.09. The van der Waals surface area contributed by atoms with Crippen molar-refractivity contribution in [1.82, 2.24) is 0 Å². The largest absolute Gasteiger partial charge is 0.305 e. The topological polar surface area (TPSA) is 35.2 Å². The Bertz CT molecular complexity index is 138. The molecule has 2 aliphatic carbocycles. The Morgan fingerprint density at radius 2 is 2.18 bits per heavy atom. The molecule has 0 heterocycles. The van der Waals surface area contributed by atoms with E-state index >= 15 is 0 Å². The SMILES string of the molecule is NOCCC1CC2CCC1C2. The highest BCUT2D eigenvalue weighted by molar-refractivity contribution is 4.89. The Morgan fingerprint density at radius 3 is 2.73 bits per heavy atom. The summed E-state index contributed by atoms with van der Waals surface area (Å²) in [6, 6.07) is 0. The molecule has 3 atom stereocenters. The van der Waals surface area contributed by atoms with E-state index in [4.69, 9.17) is 5.90 Å². The fourth-order valence-corrected chi connectivity index (χ4v) is 2.95. The zero-order valence-electron chi connectivity index (χ0n) is 6.96. The van der Waals surface area contributed by atoms with Crippen LogP contribution < -0.4 is 5.90 Å². The van der Waals surface area contributed by atoms with Crippen LogP contribution in [0, 0.1) is 17.8 Å². The Kier molecular flexibility index (Phi) is 2.14. The quantitative estimate of drug-likeness (QED) is 0.630. The first kappa shape index (κ1) is 7.56. The number of rotatable bonds is 3. The molecule has 0 spiro atoms. The summed E-state index contributed by atoms with van der Waals surface area (Å²) in [7, 11) is 0. The zero-order chi connectivity index (χ0) is 7.68. The number of fused-ring (bicyclic) bond motifs is 2.